The van der Waals surface area contributed by atoms with Gasteiger partial charge in [0, 0.05) is 12.0 Å². The zero-order valence-electron chi connectivity index (χ0n) is 8.70. The first kappa shape index (κ1) is 9.58. The van der Waals surface area contributed by atoms with Gasteiger partial charge in [-0.25, -0.2) is 0 Å². The maximum absolute atomic E-state index is 5.80. The minimum Gasteiger partial charge on any atom is -0.329 e. The summed E-state index contributed by atoms with van der Waals surface area (Å²) >= 11 is 0. The van der Waals surface area contributed by atoms with E-state index in [1.165, 1.54) is 6.42 Å². The van der Waals surface area contributed by atoms with E-state index in [-0.39, 0.29) is 5.41 Å². The van der Waals surface area contributed by atoms with Crippen LogP contribution in [0.15, 0.2) is 0 Å². The monoisotopic (exact) mass is 195 g/mol. The van der Waals surface area contributed by atoms with E-state index in [0.717, 1.165) is 12.2 Å². The largest absolute Gasteiger partial charge is 0.329 e. The Morgan fingerprint density at radius 1 is 1.64 bits per heavy atom. The van der Waals surface area contributed by atoms with Crippen molar-refractivity contribution in [3.05, 3.63) is 5.82 Å². The number of aromatic amines is 1. The molecule has 2 unspecified atom stereocenters. The van der Waals surface area contributed by atoms with Crippen LogP contribution in [0.1, 0.15) is 32.5 Å². The average Bonchev–Trinajstić information content (AvgIpc) is 2.64. The fourth-order valence-electron chi connectivity index (χ4n) is 2.25. The smallest absolute Gasteiger partial charge is 0.182 e. The second-order valence-corrected chi connectivity index (χ2v) is 4.63. The van der Waals surface area contributed by atoms with Gasteiger partial charge in [-0.05, 0) is 24.7 Å². The molecule has 1 aromatic rings. The molecule has 1 aliphatic carbocycles. The van der Waals surface area contributed by atoms with Crippen LogP contribution < -0.4 is 5.73 Å². The molecule has 0 radical (unpaired) electrons. The van der Waals surface area contributed by atoms with Crippen molar-refractivity contribution in [3.8, 4) is 0 Å². The number of hydrogen-bond donors (Lipinski definition) is 2. The first-order chi connectivity index (χ1) is 6.69. The molecule has 0 aromatic carbocycles. The molecule has 2 atom stereocenters. The lowest BCUT2D eigenvalue weighted by atomic mass is 9.97. The number of hydrogen-bond acceptors (Lipinski definition) is 4. The average molecular weight is 195 g/mol. The molecule has 1 fully saturated rings. The van der Waals surface area contributed by atoms with Gasteiger partial charge in [-0.1, -0.05) is 19.1 Å². The van der Waals surface area contributed by atoms with Gasteiger partial charge in [0.15, 0.2) is 5.82 Å². The fourth-order valence-corrected chi connectivity index (χ4v) is 2.25. The molecule has 0 aliphatic heterocycles. The summed E-state index contributed by atoms with van der Waals surface area (Å²) in [4.78, 5) is 0. The molecule has 3 N–H and O–H groups in total. The first-order valence-electron chi connectivity index (χ1n) is 5.13. The fraction of sp³-hybridized carbons (Fsp3) is 0.889. The Morgan fingerprint density at radius 2 is 2.43 bits per heavy atom. The van der Waals surface area contributed by atoms with E-state index in [1.807, 2.05) is 0 Å². The highest BCUT2D eigenvalue weighted by Crippen LogP contribution is 2.54. The number of tetrazole rings is 1. The highest BCUT2D eigenvalue weighted by molar-refractivity contribution is 5.21. The minimum absolute atomic E-state index is 0.0251. The van der Waals surface area contributed by atoms with Crippen LogP contribution >= 0.6 is 0 Å². The van der Waals surface area contributed by atoms with Gasteiger partial charge >= 0.3 is 0 Å². The molecule has 0 saturated heterocycles. The van der Waals surface area contributed by atoms with Crippen molar-refractivity contribution >= 4 is 0 Å². The number of nitrogens with zero attached hydrogens (tertiary/aromatic N) is 3. The molecule has 14 heavy (non-hydrogen) atoms. The summed E-state index contributed by atoms with van der Waals surface area (Å²) in [6.45, 7) is 5.09. The van der Waals surface area contributed by atoms with Crippen LogP contribution in [0.4, 0.5) is 0 Å². The normalized spacial score (nSPS) is 31.0. The van der Waals surface area contributed by atoms with Gasteiger partial charge in [-0.2, -0.15) is 5.21 Å². The summed E-state index contributed by atoms with van der Waals surface area (Å²) in [6.07, 6.45) is 2.31. The van der Waals surface area contributed by atoms with Crippen molar-refractivity contribution in [2.24, 2.45) is 17.6 Å². The first-order valence-corrected chi connectivity index (χ1v) is 5.13. The number of rotatable bonds is 4. The SMILES string of the molecule is CC(C)CC1CC1(CN)c1nn[nH]n1. The van der Waals surface area contributed by atoms with Gasteiger partial charge in [0.2, 0.25) is 0 Å². The molecular formula is C9H17N5. The highest BCUT2D eigenvalue weighted by atomic mass is 15.5. The Balaban J connectivity index is 2.09. The maximum Gasteiger partial charge on any atom is 0.182 e. The van der Waals surface area contributed by atoms with Crippen molar-refractivity contribution in [2.45, 2.75) is 32.1 Å². The molecule has 78 valence electrons. The van der Waals surface area contributed by atoms with E-state index in [0.29, 0.717) is 18.4 Å². The van der Waals surface area contributed by atoms with Crippen LogP contribution in [0.5, 0.6) is 0 Å². The third-order valence-corrected chi connectivity index (χ3v) is 3.14. The van der Waals surface area contributed by atoms with Crippen LogP contribution in [0.2, 0.25) is 0 Å². The molecule has 0 amide bonds. The molecular weight excluding hydrogens is 178 g/mol. The Labute approximate surface area is 83.5 Å². The summed E-state index contributed by atoms with van der Waals surface area (Å²) in [7, 11) is 0. The lowest BCUT2D eigenvalue weighted by molar-refractivity contribution is 0.476. The lowest BCUT2D eigenvalue weighted by Crippen LogP contribution is -2.24. The van der Waals surface area contributed by atoms with Gasteiger partial charge in [0.25, 0.3) is 0 Å². The summed E-state index contributed by atoms with van der Waals surface area (Å²) in [5, 5.41) is 14.2. The van der Waals surface area contributed by atoms with Gasteiger partial charge in [0.1, 0.15) is 0 Å². The Hall–Kier alpha value is -0.970. The molecule has 2 rings (SSSR count). The van der Waals surface area contributed by atoms with Gasteiger partial charge in [0.05, 0.1) is 0 Å². The number of H-pyrrole nitrogens is 1. The van der Waals surface area contributed by atoms with Crippen LogP contribution in [0.3, 0.4) is 0 Å². The standard InChI is InChI=1S/C9H17N5/c1-6(2)3-7-4-9(7,5-10)8-11-13-14-12-8/h6-7H,3-5,10H2,1-2H3,(H,11,12,13,14). The lowest BCUT2D eigenvalue weighted by Gasteiger charge is -2.11. The predicted octanol–water partition coefficient (Wildman–Crippen LogP) is 0.462. The minimum atomic E-state index is 0.0251. The van der Waals surface area contributed by atoms with E-state index in [2.05, 4.69) is 34.5 Å². The Morgan fingerprint density at radius 3 is 2.93 bits per heavy atom. The molecule has 1 heterocycles. The second kappa shape index (κ2) is 3.31. The van der Waals surface area contributed by atoms with Gasteiger partial charge in [-0.15, -0.1) is 10.2 Å². The van der Waals surface area contributed by atoms with Crippen LogP contribution in [0.25, 0.3) is 0 Å². The predicted molar refractivity (Wildman–Crippen MR) is 52.5 cm³/mol. The zero-order valence-corrected chi connectivity index (χ0v) is 8.70. The van der Waals surface area contributed by atoms with E-state index in [9.17, 15) is 0 Å². The Kier molecular flexibility index (Phi) is 2.26. The topological polar surface area (TPSA) is 80.5 Å². The van der Waals surface area contributed by atoms with E-state index in [4.69, 9.17) is 5.73 Å². The maximum atomic E-state index is 5.80. The summed E-state index contributed by atoms with van der Waals surface area (Å²) in [5.74, 6) is 2.15. The molecule has 0 spiro atoms. The third-order valence-electron chi connectivity index (χ3n) is 3.14. The molecule has 1 aliphatic rings. The van der Waals surface area contributed by atoms with E-state index >= 15 is 0 Å². The molecule has 1 aromatic heterocycles. The zero-order chi connectivity index (χ0) is 10.2. The van der Waals surface area contributed by atoms with Crippen molar-refractivity contribution < 1.29 is 0 Å². The molecule has 5 nitrogen and oxygen atoms in total. The number of aromatic nitrogens is 4. The molecule has 5 heteroatoms. The van der Waals surface area contributed by atoms with Crippen molar-refractivity contribution in [1.82, 2.24) is 20.6 Å². The quantitative estimate of drug-likeness (QED) is 0.731. The van der Waals surface area contributed by atoms with Crippen molar-refractivity contribution in [2.75, 3.05) is 6.54 Å². The molecule has 0 bridgehead atoms. The summed E-state index contributed by atoms with van der Waals surface area (Å²) in [6, 6.07) is 0. The van der Waals surface area contributed by atoms with Crippen LogP contribution in [0, 0.1) is 11.8 Å². The van der Waals surface area contributed by atoms with Gasteiger partial charge < -0.3 is 5.73 Å². The number of nitrogens with two attached hydrogens (primary N) is 1. The Bertz CT molecular complexity index is 294. The van der Waals surface area contributed by atoms with Crippen LogP contribution in [-0.4, -0.2) is 27.2 Å². The third kappa shape index (κ3) is 1.41. The van der Waals surface area contributed by atoms with E-state index in [1.54, 1.807) is 0 Å². The number of nitrogens with one attached hydrogen (secondary N) is 1. The summed E-state index contributed by atoms with van der Waals surface area (Å²) in [5.41, 5.74) is 5.83. The van der Waals surface area contributed by atoms with Gasteiger partial charge in [-0.3, -0.25) is 0 Å². The van der Waals surface area contributed by atoms with E-state index < -0.39 is 0 Å². The van der Waals surface area contributed by atoms with Crippen molar-refractivity contribution in [3.63, 3.8) is 0 Å². The van der Waals surface area contributed by atoms with Crippen molar-refractivity contribution in [1.29, 1.82) is 0 Å². The second-order valence-electron chi connectivity index (χ2n) is 4.63. The summed E-state index contributed by atoms with van der Waals surface area (Å²) < 4.78 is 0. The molecule has 1 saturated carbocycles. The highest BCUT2D eigenvalue weighted by Gasteiger charge is 2.56. The van der Waals surface area contributed by atoms with Crippen LogP contribution in [-0.2, 0) is 5.41 Å².